The molecule has 8 nitrogen and oxygen atoms in total. The number of aliphatic hydroxyl groups excluding tert-OH is 3. The monoisotopic (exact) mass is 264 g/mol. The van der Waals surface area contributed by atoms with E-state index in [-0.39, 0.29) is 17.2 Å². The molecule has 0 bridgehead atoms. The number of nitrogens with zero attached hydrogens (tertiary/aromatic N) is 3. The summed E-state index contributed by atoms with van der Waals surface area (Å²) in [5.74, 6) is -0.0148. The zero-order chi connectivity index (χ0) is 12.9. The molecule has 0 spiro atoms. The number of aromatic nitrogens is 3. The normalized spacial score (nSPS) is 11.4. The molecule has 1 aromatic heterocycles. The van der Waals surface area contributed by atoms with E-state index in [1.807, 2.05) is 0 Å². The van der Waals surface area contributed by atoms with Crippen molar-refractivity contribution in [3.05, 3.63) is 5.28 Å². The third-order valence-electron chi connectivity index (χ3n) is 2.06. The van der Waals surface area contributed by atoms with Gasteiger partial charge in [-0.3, -0.25) is 0 Å². The molecule has 0 saturated heterocycles. The highest BCUT2D eigenvalue weighted by molar-refractivity contribution is 6.28. The first-order valence-electron chi connectivity index (χ1n) is 4.65. The molecule has 0 aliphatic carbocycles. The van der Waals surface area contributed by atoms with Gasteiger partial charge >= 0.3 is 6.01 Å². The largest absolute Gasteiger partial charge is 0.467 e. The van der Waals surface area contributed by atoms with Crippen LogP contribution >= 0.6 is 11.6 Å². The molecule has 0 aliphatic heterocycles. The van der Waals surface area contributed by atoms with Crippen LogP contribution in [0.1, 0.15) is 0 Å². The highest BCUT2D eigenvalue weighted by Crippen LogP contribution is 2.15. The second-order valence-corrected chi connectivity index (χ2v) is 3.63. The van der Waals surface area contributed by atoms with Crippen molar-refractivity contribution in [2.24, 2.45) is 0 Å². The Morgan fingerprint density at radius 2 is 1.76 bits per heavy atom. The number of nitrogens with one attached hydrogen (secondary N) is 1. The van der Waals surface area contributed by atoms with E-state index >= 15 is 0 Å². The predicted molar refractivity (Wildman–Crippen MR) is 59.0 cm³/mol. The fourth-order valence-electron chi connectivity index (χ4n) is 0.985. The van der Waals surface area contributed by atoms with Gasteiger partial charge in [0.25, 0.3) is 0 Å². The Kier molecular flexibility index (Phi) is 4.82. The van der Waals surface area contributed by atoms with Gasteiger partial charge in [-0.15, -0.1) is 0 Å². The number of aliphatic hydroxyl groups is 3. The minimum atomic E-state index is -1.34. The summed E-state index contributed by atoms with van der Waals surface area (Å²) in [6.07, 6.45) is 0. The van der Waals surface area contributed by atoms with E-state index in [1.165, 1.54) is 7.11 Å². The molecule has 1 aromatic rings. The van der Waals surface area contributed by atoms with E-state index in [1.54, 1.807) is 0 Å². The molecule has 0 atom stereocenters. The molecule has 0 saturated carbocycles. The van der Waals surface area contributed by atoms with Gasteiger partial charge in [-0.2, -0.15) is 15.0 Å². The maximum Gasteiger partial charge on any atom is 0.322 e. The van der Waals surface area contributed by atoms with E-state index in [0.717, 1.165) is 0 Å². The van der Waals surface area contributed by atoms with Crippen LogP contribution in [0, 0.1) is 0 Å². The number of methoxy groups -OCH3 is 1. The second-order valence-electron chi connectivity index (χ2n) is 3.29. The van der Waals surface area contributed by atoms with Gasteiger partial charge in [0.05, 0.1) is 26.9 Å². The topological polar surface area (TPSA) is 121 Å². The van der Waals surface area contributed by atoms with Crippen LogP contribution in [0.25, 0.3) is 0 Å². The lowest BCUT2D eigenvalue weighted by atomic mass is 10.0. The number of ether oxygens (including phenoxy) is 1. The average molecular weight is 265 g/mol. The summed E-state index contributed by atoms with van der Waals surface area (Å²) in [5, 5.41) is 29.8. The van der Waals surface area contributed by atoms with Crippen LogP contribution in [0.15, 0.2) is 0 Å². The summed E-state index contributed by atoms with van der Waals surface area (Å²) in [6.45, 7) is -1.52. The average Bonchev–Trinajstić information content (AvgIpc) is 2.35. The van der Waals surface area contributed by atoms with Crippen LogP contribution in [0.4, 0.5) is 5.95 Å². The third-order valence-corrected chi connectivity index (χ3v) is 2.22. The zero-order valence-corrected chi connectivity index (χ0v) is 9.85. The maximum atomic E-state index is 9.12. The molecule has 17 heavy (non-hydrogen) atoms. The first-order valence-corrected chi connectivity index (χ1v) is 5.03. The maximum absolute atomic E-state index is 9.12. The van der Waals surface area contributed by atoms with Crippen molar-refractivity contribution in [3.8, 4) is 6.01 Å². The number of hydrogen-bond acceptors (Lipinski definition) is 8. The van der Waals surface area contributed by atoms with Gasteiger partial charge in [0.1, 0.15) is 5.54 Å². The smallest absolute Gasteiger partial charge is 0.322 e. The molecule has 0 aromatic carbocycles. The van der Waals surface area contributed by atoms with E-state index in [2.05, 4.69) is 20.3 Å². The van der Waals surface area contributed by atoms with Gasteiger partial charge < -0.3 is 25.4 Å². The Bertz CT molecular complexity index is 366. The molecule has 9 heteroatoms. The lowest BCUT2D eigenvalue weighted by Gasteiger charge is -2.28. The molecule has 4 N–H and O–H groups in total. The zero-order valence-electron chi connectivity index (χ0n) is 9.09. The summed E-state index contributed by atoms with van der Waals surface area (Å²) in [5.41, 5.74) is -1.34. The van der Waals surface area contributed by atoms with Gasteiger partial charge in [-0.05, 0) is 11.6 Å². The molecule has 0 amide bonds. The van der Waals surface area contributed by atoms with Crippen molar-refractivity contribution in [2.45, 2.75) is 5.54 Å². The highest BCUT2D eigenvalue weighted by Gasteiger charge is 2.29. The number of hydrogen-bond donors (Lipinski definition) is 4. The van der Waals surface area contributed by atoms with Gasteiger partial charge in [0.2, 0.25) is 11.2 Å². The molecule has 1 heterocycles. The summed E-state index contributed by atoms with van der Waals surface area (Å²) in [4.78, 5) is 11.2. The Balaban J connectivity index is 2.96. The lowest BCUT2D eigenvalue weighted by Crippen LogP contribution is -2.49. The Morgan fingerprint density at radius 3 is 2.24 bits per heavy atom. The van der Waals surface area contributed by atoms with E-state index < -0.39 is 25.4 Å². The molecule has 96 valence electrons. The van der Waals surface area contributed by atoms with E-state index in [0.29, 0.717) is 0 Å². The van der Waals surface area contributed by atoms with E-state index in [9.17, 15) is 0 Å². The van der Waals surface area contributed by atoms with Crippen LogP contribution in [0.2, 0.25) is 5.28 Å². The molecule has 0 radical (unpaired) electrons. The molecule has 0 fully saturated rings. The van der Waals surface area contributed by atoms with Crippen molar-refractivity contribution in [1.82, 2.24) is 15.0 Å². The fraction of sp³-hybridized carbons (Fsp3) is 0.625. The molecular formula is C8H13ClN4O4. The van der Waals surface area contributed by atoms with Gasteiger partial charge in [-0.25, -0.2) is 0 Å². The second kappa shape index (κ2) is 5.92. The van der Waals surface area contributed by atoms with E-state index in [4.69, 9.17) is 31.7 Å². The highest BCUT2D eigenvalue weighted by atomic mass is 35.5. The fourth-order valence-corrected chi connectivity index (χ4v) is 1.14. The summed E-state index contributed by atoms with van der Waals surface area (Å²) in [6, 6.07) is -0.0183. The molecule has 0 unspecified atom stereocenters. The van der Waals surface area contributed by atoms with Crippen molar-refractivity contribution in [2.75, 3.05) is 32.2 Å². The van der Waals surface area contributed by atoms with Gasteiger partial charge in [-0.1, -0.05) is 0 Å². The van der Waals surface area contributed by atoms with Crippen molar-refractivity contribution < 1.29 is 20.1 Å². The quantitative estimate of drug-likeness (QED) is 0.498. The minimum absolute atomic E-state index is 0.0148. The molecule has 1 rings (SSSR count). The molecule has 0 aliphatic rings. The van der Waals surface area contributed by atoms with Crippen molar-refractivity contribution in [3.63, 3.8) is 0 Å². The van der Waals surface area contributed by atoms with Crippen LogP contribution in [0.3, 0.4) is 0 Å². The van der Waals surface area contributed by atoms with Gasteiger partial charge in [0.15, 0.2) is 0 Å². The van der Waals surface area contributed by atoms with Crippen LogP contribution in [-0.2, 0) is 0 Å². The van der Waals surface area contributed by atoms with Crippen molar-refractivity contribution >= 4 is 17.5 Å². The number of anilines is 1. The Hall–Kier alpha value is -1.22. The first-order chi connectivity index (χ1) is 8.09. The predicted octanol–water partition coefficient (Wildman–Crippen LogP) is -1.34. The molecular weight excluding hydrogens is 252 g/mol. The van der Waals surface area contributed by atoms with Crippen LogP contribution < -0.4 is 10.1 Å². The summed E-state index contributed by atoms with van der Waals surface area (Å²) in [7, 11) is 1.35. The number of halogens is 1. The van der Waals surface area contributed by atoms with Crippen LogP contribution in [0.5, 0.6) is 6.01 Å². The lowest BCUT2D eigenvalue weighted by molar-refractivity contribution is 0.0827. The Morgan fingerprint density at radius 1 is 1.18 bits per heavy atom. The van der Waals surface area contributed by atoms with Gasteiger partial charge in [0, 0.05) is 0 Å². The first kappa shape index (κ1) is 13.8. The van der Waals surface area contributed by atoms with Crippen LogP contribution in [-0.4, -0.2) is 62.7 Å². The Labute approximate surface area is 102 Å². The summed E-state index contributed by atoms with van der Waals surface area (Å²) < 4.78 is 4.78. The minimum Gasteiger partial charge on any atom is -0.467 e. The SMILES string of the molecule is COc1nc(Cl)nc(NC(CO)(CO)CO)n1. The number of rotatable bonds is 6. The third kappa shape index (κ3) is 3.37. The standard InChI is InChI=1S/C8H13ClN4O4/c1-17-7-11-5(9)10-6(12-7)13-8(2-14,3-15)4-16/h14-16H,2-4H2,1H3,(H,10,11,12,13). The summed E-state index contributed by atoms with van der Waals surface area (Å²) >= 11 is 5.62. The van der Waals surface area contributed by atoms with Crippen molar-refractivity contribution in [1.29, 1.82) is 0 Å².